The highest BCUT2D eigenvalue weighted by atomic mass is 35.5. The van der Waals surface area contributed by atoms with Gasteiger partial charge in [0.1, 0.15) is 11.5 Å². The maximum absolute atomic E-state index is 10.6. The molecule has 10 heteroatoms. The van der Waals surface area contributed by atoms with Gasteiger partial charge in [-0.05, 0) is 104 Å². The van der Waals surface area contributed by atoms with Gasteiger partial charge in [0, 0.05) is 43.6 Å². The number of aliphatic hydroxyl groups is 1. The Morgan fingerprint density at radius 1 is 0.872 bits per heavy atom. The third-order valence-electron chi connectivity index (χ3n) is 9.24. The number of hydrogen-bond acceptors (Lipinski definition) is 8. The zero-order chi connectivity index (χ0) is 33.7. The first kappa shape index (κ1) is 34.5. The van der Waals surface area contributed by atoms with E-state index in [1.807, 2.05) is 25.1 Å². The molecule has 0 bridgehead atoms. The quantitative estimate of drug-likeness (QED) is 0.0606. The van der Waals surface area contributed by atoms with Crippen LogP contribution in [0.3, 0.4) is 0 Å². The van der Waals surface area contributed by atoms with Crippen molar-refractivity contribution in [1.82, 2.24) is 9.80 Å². The highest BCUT2D eigenvalue weighted by molar-refractivity contribution is 6.33. The summed E-state index contributed by atoms with van der Waals surface area (Å²) in [5.74, 6) is -0.746. The molecule has 0 fully saturated rings. The molecular formula is C37H42Cl2N2O6. The fraction of sp³-hybridized carbons (Fsp3) is 0.351. The summed E-state index contributed by atoms with van der Waals surface area (Å²) in [4.78, 5) is 4.76. The van der Waals surface area contributed by atoms with E-state index in [-0.39, 0.29) is 57.2 Å². The zero-order valence-electron chi connectivity index (χ0n) is 26.4. The normalized spacial score (nSPS) is 19.5. The molecule has 2 heterocycles. The lowest BCUT2D eigenvalue weighted by molar-refractivity contribution is 0.228. The minimum Gasteiger partial charge on any atom is -0.508 e. The number of hydrogen-bond donors (Lipinski definition) is 6. The van der Waals surface area contributed by atoms with Crippen molar-refractivity contribution in [2.24, 2.45) is 0 Å². The van der Waals surface area contributed by atoms with Gasteiger partial charge in [-0.1, -0.05) is 42.0 Å². The van der Waals surface area contributed by atoms with Crippen molar-refractivity contribution < 1.29 is 30.6 Å². The van der Waals surface area contributed by atoms with Gasteiger partial charge in [0.05, 0.1) is 10.9 Å². The minimum absolute atomic E-state index is 0.0854. The van der Waals surface area contributed by atoms with Gasteiger partial charge in [0.25, 0.3) is 0 Å². The number of nitrogens with zero attached hydrogens (tertiary/aromatic N) is 2. The van der Waals surface area contributed by atoms with Crippen molar-refractivity contribution in [1.29, 1.82) is 0 Å². The summed E-state index contributed by atoms with van der Waals surface area (Å²) in [6.07, 6.45) is 10.9. The number of phenols is 5. The first-order valence-electron chi connectivity index (χ1n) is 15.9. The monoisotopic (exact) mass is 680 g/mol. The van der Waals surface area contributed by atoms with E-state index in [1.165, 1.54) is 0 Å². The molecule has 2 atom stereocenters. The van der Waals surface area contributed by atoms with Crippen LogP contribution in [-0.4, -0.2) is 79.7 Å². The maximum atomic E-state index is 10.6. The van der Waals surface area contributed by atoms with Crippen LogP contribution in [0.25, 0.3) is 0 Å². The molecule has 0 amide bonds. The average molecular weight is 682 g/mol. The van der Waals surface area contributed by atoms with Gasteiger partial charge in [-0.2, -0.15) is 0 Å². The largest absolute Gasteiger partial charge is 0.508 e. The van der Waals surface area contributed by atoms with Gasteiger partial charge in [0.2, 0.25) is 0 Å². The molecule has 3 aromatic rings. The van der Waals surface area contributed by atoms with Crippen molar-refractivity contribution in [3.05, 3.63) is 111 Å². The minimum atomic E-state index is -0.309. The molecule has 0 aromatic heterocycles. The van der Waals surface area contributed by atoms with Crippen LogP contribution < -0.4 is 0 Å². The molecule has 0 saturated heterocycles. The Hall–Kier alpha value is -3.82. The van der Waals surface area contributed by atoms with E-state index in [1.54, 1.807) is 48.6 Å². The molecule has 2 aliphatic rings. The molecule has 47 heavy (non-hydrogen) atoms. The van der Waals surface area contributed by atoms with Crippen molar-refractivity contribution >= 4 is 23.2 Å². The molecule has 2 unspecified atom stereocenters. The first-order chi connectivity index (χ1) is 22.6. The van der Waals surface area contributed by atoms with Crippen LogP contribution in [0.2, 0.25) is 5.02 Å². The van der Waals surface area contributed by atoms with Gasteiger partial charge in [-0.3, -0.25) is 0 Å². The zero-order valence-corrected chi connectivity index (χ0v) is 27.9. The molecule has 0 aliphatic carbocycles. The highest BCUT2D eigenvalue weighted by Gasteiger charge is 2.30. The van der Waals surface area contributed by atoms with Crippen LogP contribution in [0.5, 0.6) is 28.7 Å². The van der Waals surface area contributed by atoms with Crippen LogP contribution in [-0.2, 0) is 18.7 Å². The number of benzene rings is 3. The van der Waals surface area contributed by atoms with Gasteiger partial charge < -0.3 is 40.4 Å². The lowest BCUT2D eigenvalue weighted by Crippen LogP contribution is -2.34. The summed E-state index contributed by atoms with van der Waals surface area (Å²) in [7, 11) is 0. The van der Waals surface area contributed by atoms with E-state index in [9.17, 15) is 30.6 Å². The molecule has 6 N–H and O–H groups in total. The van der Waals surface area contributed by atoms with E-state index in [0.717, 1.165) is 60.4 Å². The Bertz CT molecular complexity index is 1670. The number of fused-ring (bicyclic) bond motifs is 2. The van der Waals surface area contributed by atoms with Crippen LogP contribution in [0, 0.1) is 0 Å². The van der Waals surface area contributed by atoms with E-state index in [2.05, 4.69) is 9.80 Å². The lowest BCUT2D eigenvalue weighted by atomic mass is 9.85. The SMILES string of the molecule is C\C=C/C(O)=C\C=C\C1CN(CCCN2CCc3c(cc(O)c(O)c3CCl)C(c3ccc(O)cc3)C2)CCc2c1cc(O)c(O)c2Cl. The Labute approximate surface area is 285 Å². The van der Waals surface area contributed by atoms with Gasteiger partial charge in [-0.15, -0.1) is 11.6 Å². The van der Waals surface area contributed by atoms with E-state index < -0.39 is 0 Å². The number of phenolic OH excluding ortho intramolecular Hbond substituents is 5. The molecule has 3 aromatic carbocycles. The summed E-state index contributed by atoms with van der Waals surface area (Å²) < 4.78 is 0. The van der Waals surface area contributed by atoms with E-state index >= 15 is 0 Å². The Balaban J connectivity index is 1.34. The molecule has 8 nitrogen and oxygen atoms in total. The predicted octanol–water partition coefficient (Wildman–Crippen LogP) is 7.20. The molecule has 0 spiro atoms. The number of aliphatic hydroxyl groups excluding tert-OH is 1. The Morgan fingerprint density at radius 2 is 1.51 bits per heavy atom. The summed E-state index contributed by atoms with van der Waals surface area (Å²) in [6.45, 7) is 6.27. The summed E-state index contributed by atoms with van der Waals surface area (Å²) in [5.41, 5.74) is 5.10. The second-order valence-electron chi connectivity index (χ2n) is 12.2. The number of rotatable bonds is 9. The summed E-state index contributed by atoms with van der Waals surface area (Å²) in [5, 5.41) is 62.1. The van der Waals surface area contributed by atoms with Crippen LogP contribution in [0.15, 0.2) is 72.5 Å². The molecule has 0 radical (unpaired) electrons. The van der Waals surface area contributed by atoms with E-state index in [0.29, 0.717) is 31.5 Å². The molecule has 250 valence electrons. The van der Waals surface area contributed by atoms with Crippen molar-refractivity contribution in [3.63, 3.8) is 0 Å². The topological polar surface area (TPSA) is 128 Å². The summed E-state index contributed by atoms with van der Waals surface area (Å²) in [6, 6.07) is 10.4. The number of allylic oxidation sites excluding steroid dienone is 4. The van der Waals surface area contributed by atoms with Crippen molar-refractivity contribution in [2.45, 2.75) is 43.9 Å². The third-order valence-corrected chi connectivity index (χ3v) is 9.92. The van der Waals surface area contributed by atoms with E-state index in [4.69, 9.17) is 23.2 Å². The number of alkyl halides is 1. The highest BCUT2D eigenvalue weighted by Crippen LogP contribution is 2.43. The number of aromatic hydroxyl groups is 5. The smallest absolute Gasteiger partial charge is 0.176 e. The molecular weight excluding hydrogens is 639 g/mol. The Kier molecular flexibility index (Phi) is 11.3. The van der Waals surface area contributed by atoms with Crippen LogP contribution in [0.4, 0.5) is 0 Å². The fourth-order valence-electron chi connectivity index (χ4n) is 6.84. The predicted molar refractivity (Wildman–Crippen MR) is 186 cm³/mol. The van der Waals surface area contributed by atoms with Crippen molar-refractivity contribution in [2.75, 3.05) is 39.3 Å². The third kappa shape index (κ3) is 7.84. The average Bonchev–Trinajstić information content (AvgIpc) is 3.33. The second-order valence-corrected chi connectivity index (χ2v) is 12.9. The Morgan fingerprint density at radius 3 is 2.19 bits per heavy atom. The van der Waals surface area contributed by atoms with Gasteiger partial charge in [-0.25, -0.2) is 0 Å². The first-order valence-corrected chi connectivity index (χ1v) is 16.8. The second kappa shape index (κ2) is 15.4. The fourth-order valence-corrected chi connectivity index (χ4v) is 7.43. The van der Waals surface area contributed by atoms with Gasteiger partial charge in [0.15, 0.2) is 23.0 Å². The van der Waals surface area contributed by atoms with Crippen molar-refractivity contribution in [3.8, 4) is 28.7 Å². The maximum Gasteiger partial charge on any atom is 0.176 e. The molecule has 0 saturated carbocycles. The van der Waals surface area contributed by atoms with Crippen LogP contribution >= 0.6 is 23.2 Å². The van der Waals surface area contributed by atoms with Crippen LogP contribution in [0.1, 0.15) is 58.6 Å². The number of halogens is 2. The summed E-state index contributed by atoms with van der Waals surface area (Å²) >= 11 is 12.8. The molecule has 5 rings (SSSR count). The van der Waals surface area contributed by atoms with Gasteiger partial charge >= 0.3 is 0 Å². The molecule has 2 aliphatic heterocycles. The lowest BCUT2D eigenvalue weighted by Gasteiger charge is -2.28. The standard InChI is InChI=1S/C37H42Cl2N2O6/c1-2-5-25(42)7-3-6-24-21-40(17-13-28-29(24)18-34(45)37(47)35(28)39)14-4-15-41-16-12-27-30(19-33(44)36(46)31(27)20-38)32(22-41)23-8-10-26(43)11-9-23/h2-3,5-11,18-19,24,32,42-47H,4,12-17,20-22H2,1H3/b5-2-,6-3+,25-7+.